The molecule has 3 heterocycles. The molecule has 0 amide bonds. The molecule has 7 aromatic carbocycles. The number of hydrogen-bond donors (Lipinski definition) is 0. The third kappa shape index (κ3) is 4.04. The number of hydrogen-bond acceptors (Lipinski definition) is 3. The van der Waals surface area contributed by atoms with Crippen LogP contribution in [0.1, 0.15) is 0 Å². The van der Waals surface area contributed by atoms with Crippen molar-refractivity contribution in [1.82, 2.24) is 15.0 Å². The van der Waals surface area contributed by atoms with Gasteiger partial charge in [0.25, 0.3) is 0 Å². The van der Waals surface area contributed by atoms with Crippen LogP contribution in [0, 0.1) is 0 Å². The summed E-state index contributed by atoms with van der Waals surface area (Å²) in [7, 11) is 0. The molecular weight excluding hydrogens is 583 g/mol. The number of pyridine rings is 3. The van der Waals surface area contributed by atoms with Gasteiger partial charge >= 0.3 is 0 Å². The fourth-order valence-corrected chi connectivity index (χ4v) is 7.48. The molecular formula is C45H27N3. The first kappa shape index (κ1) is 26.7. The van der Waals surface area contributed by atoms with Crippen LogP contribution in [0.15, 0.2) is 164 Å². The largest absolute Gasteiger partial charge is 0.254 e. The highest BCUT2D eigenvalue weighted by molar-refractivity contribution is 6.21. The summed E-state index contributed by atoms with van der Waals surface area (Å²) in [6.45, 7) is 0. The number of aromatic nitrogens is 3. The SMILES string of the molecule is c1ccc(-c2c3ccccc3c(-c3ccc(-c4nc5ccccc5c5cc6ccc7cccnc7c6nc45)cc3)c3ccccc23)cc1. The molecule has 0 atom stereocenters. The fourth-order valence-electron chi connectivity index (χ4n) is 7.48. The topological polar surface area (TPSA) is 38.7 Å². The molecule has 0 spiro atoms. The Labute approximate surface area is 276 Å². The van der Waals surface area contributed by atoms with Crippen LogP contribution < -0.4 is 0 Å². The molecule has 0 N–H and O–H groups in total. The highest BCUT2D eigenvalue weighted by Crippen LogP contribution is 2.44. The van der Waals surface area contributed by atoms with E-state index in [2.05, 4.69) is 152 Å². The van der Waals surface area contributed by atoms with Crippen LogP contribution in [-0.4, -0.2) is 15.0 Å². The third-order valence-electron chi connectivity index (χ3n) is 9.65. The highest BCUT2D eigenvalue weighted by atomic mass is 14.8. The van der Waals surface area contributed by atoms with Crippen molar-refractivity contribution in [3.8, 4) is 33.5 Å². The first-order valence-electron chi connectivity index (χ1n) is 16.3. The zero-order valence-electron chi connectivity index (χ0n) is 25.9. The Balaban J connectivity index is 1.21. The van der Waals surface area contributed by atoms with Gasteiger partial charge in [-0.2, -0.15) is 0 Å². The van der Waals surface area contributed by atoms with Crippen molar-refractivity contribution in [2.45, 2.75) is 0 Å². The van der Waals surface area contributed by atoms with Crippen LogP contribution in [0.4, 0.5) is 0 Å². The molecule has 0 saturated carbocycles. The van der Waals surface area contributed by atoms with Crippen LogP contribution in [-0.2, 0) is 0 Å². The lowest BCUT2D eigenvalue weighted by Crippen LogP contribution is -1.94. The van der Waals surface area contributed by atoms with Gasteiger partial charge in [0, 0.05) is 33.3 Å². The predicted molar refractivity (Wildman–Crippen MR) is 201 cm³/mol. The summed E-state index contributed by atoms with van der Waals surface area (Å²) >= 11 is 0. The second kappa shape index (κ2) is 10.5. The first-order chi connectivity index (χ1) is 23.8. The van der Waals surface area contributed by atoms with Gasteiger partial charge in [-0.3, -0.25) is 4.98 Å². The first-order valence-corrected chi connectivity index (χ1v) is 16.3. The highest BCUT2D eigenvalue weighted by Gasteiger charge is 2.18. The lowest BCUT2D eigenvalue weighted by molar-refractivity contribution is 1.37. The molecule has 3 heteroatoms. The number of fused-ring (bicyclic) bond motifs is 8. The second-order valence-electron chi connectivity index (χ2n) is 12.4. The van der Waals surface area contributed by atoms with Gasteiger partial charge in [0.2, 0.25) is 0 Å². The molecule has 0 radical (unpaired) electrons. The van der Waals surface area contributed by atoms with E-state index < -0.39 is 0 Å². The molecule has 3 aromatic heterocycles. The van der Waals surface area contributed by atoms with Crippen LogP contribution in [0.25, 0.3) is 98.7 Å². The number of benzene rings is 7. The van der Waals surface area contributed by atoms with E-state index in [1.807, 2.05) is 12.3 Å². The number of para-hydroxylation sites is 1. The van der Waals surface area contributed by atoms with Crippen LogP contribution in [0.5, 0.6) is 0 Å². The van der Waals surface area contributed by atoms with Crippen LogP contribution in [0.3, 0.4) is 0 Å². The summed E-state index contributed by atoms with van der Waals surface area (Å²) in [6, 6.07) is 56.1. The summed E-state index contributed by atoms with van der Waals surface area (Å²) < 4.78 is 0. The minimum atomic E-state index is 0.874. The maximum Gasteiger partial charge on any atom is 0.0980 e. The van der Waals surface area contributed by atoms with Gasteiger partial charge in [-0.25, -0.2) is 9.97 Å². The number of rotatable bonds is 3. The monoisotopic (exact) mass is 609 g/mol. The van der Waals surface area contributed by atoms with Crippen LogP contribution >= 0.6 is 0 Å². The Bertz CT molecular complexity index is 2820. The molecule has 0 fully saturated rings. The van der Waals surface area contributed by atoms with Gasteiger partial charge in [-0.1, -0.05) is 140 Å². The zero-order valence-corrected chi connectivity index (χ0v) is 25.9. The van der Waals surface area contributed by atoms with Crippen molar-refractivity contribution in [1.29, 1.82) is 0 Å². The Kier molecular flexibility index (Phi) is 5.87. The van der Waals surface area contributed by atoms with Gasteiger partial charge < -0.3 is 0 Å². The van der Waals surface area contributed by atoms with Gasteiger partial charge in [0.1, 0.15) is 0 Å². The maximum atomic E-state index is 5.31. The molecule has 48 heavy (non-hydrogen) atoms. The maximum absolute atomic E-state index is 5.31. The normalized spacial score (nSPS) is 11.8. The minimum absolute atomic E-state index is 0.874. The molecule has 222 valence electrons. The van der Waals surface area contributed by atoms with Crippen molar-refractivity contribution in [3.63, 3.8) is 0 Å². The molecule has 10 rings (SSSR count). The smallest absolute Gasteiger partial charge is 0.0980 e. The van der Waals surface area contributed by atoms with E-state index in [4.69, 9.17) is 15.0 Å². The summed E-state index contributed by atoms with van der Waals surface area (Å²) in [5.74, 6) is 0. The van der Waals surface area contributed by atoms with Crippen molar-refractivity contribution < 1.29 is 0 Å². The van der Waals surface area contributed by atoms with Crippen molar-refractivity contribution in [2.75, 3.05) is 0 Å². The lowest BCUT2D eigenvalue weighted by Gasteiger charge is -2.18. The third-order valence-corrected chi connectivity index (χ3v) is 9.65. The Morgan fingerprint density at radius 3 is 1.58 bits per heavy atom. The standard InChI is InChI=1S/C45H27N3/c1-2-11-28(12-3-1)40-34-15-4-6-17-36(34)41(37-18-7-5-16-35(37)40)29-20-22-31(23-21-29)43-45-38(33-14-8-9-19-39(33)47-43)27-32-25-24-30-13-10-26-46-42(30)44(32)48-45/h1-27H. The van der Waals surface area contributed by atoms with E-state index in [-0.39, 0.29) is 0 Å². The summed E-state index contributed by atoms with van der Waals surface area (Å²) in [5, 5.41) is 9.32. The van der Waals surface area contributed by atoms with Crippen molar-refractivity contribution >= 4 is 65.2 Å². The molecule has 3 nitrogen and oxygen atoms in total. The van der Waals surface area contributed by atoms with E-state index in [0.717, 1.165) is 54.9 Å². The van der Waals surface area contributed by atoms with E-state index >= 15 is 0 Å². The van der Waals surface area contributed by atoms with Crippen molar-refractivity contribution in [2.24, 2.45) is 0 Å². The van der Waals surface area contributed by atoms with Gasteiger partial charge in [-0.05, 0) is 62.0 Å². The van der Waals surface area contributed by atoms with Crippen LogP contribution in [0.2, 0.25) is 0 Å². The molecule has 0 bridgehead atoms. The summed E-state index contributed by atoms with van der Waals surface area (Å²) in [5.41, 5.74) is 10.5. The minimum Gasteiger partial charge on any atom is -0.254 e. The van der Waals surface area contributed by atoms with Crippen molar-refractivity contribution in [3.05, 3.63) is 164 Å². The molecule has 10 aromatic rings. The quantitative estimate of drug-likeness (QED) is 0.148. The Morgan fingerprint density at radius 1 is 0.333 bits per heavy atom. The second-order valence-corrected chi connectivity index (χ2v) is 12.4. The molecule has 0 saturated heterocycles. The molecule has 0 aliphatic heterocycles. The molecule has 0 aliphatic carbocycles. The zero-order chi connectivity index (χ0) is 31.6. The summed E-state index contributed by atoms with van der Waals surface area (Å²) in [6.07, 6.45) is 1.84. The van der Waals surface area contributed by atoms with Gasteiger partial charge in [0.15, 0.2) is 0 Å². The fraction of sp³-hybridized carbons (Fsp3) is 0. The van der Waals surface area contributed by atoms with E-state index in [1.165, 1.54) is 43.8 Å². The van der Waals surface area contributed by atoms with E-state index in [9.17, 15) is 0 Å². The Hall–Kier alpha value is -6.45. The van der Waals surface area contributed by atoms with Gasteiger partial charge in [-0.15, -0.1) is 0 Å². The van der Waals surface area contributed by atoms with Gasteiger partial charge in [0.05, 0.1) is 27.8 Å². The molecule has 0 unspecified atom stereocenters. The average molecular weight is 610 g/mol. The number of nitrogens with zero attached hydrogens (tertiary/aromatic N) is 3. The lowest BCUT2D eigenvalue weighted by atomic mass is 9.86. The average Bonchev–Trinajstić information content (AvgIpc) is 3.16. The van der Waals surface area contributed by atoms with E-state index in [1.54, 1.807) is 0 Å². The predicted octanol–water partition coefficient (Wildman–Crippen LogP) is 11.8. The summed E-state index contributed by atoms with van der Waals surface area (Å²) in [4.78, 5) is 15.3. The Morgan fingerprint density at radius 2 is 0.896 bits per heavy atom. The van der Waals surface area contributed by atoms with E-state index in [0.29, 0.717) is 0 Å². The molecule has 0 aliphatic rings.